The van der Waals surface area contributed by atoms with Crippen LogP contribution in [0.5, 0.6) is 0 Å². The molecular formula is C11H7BrF4. The van der Waals surface area contributed by atoms with E-state index in [0.717, 1.165) is 12.1 Å². The molecule has 16 heavy (non-hydrogen) atoms. The lowest BCUT2D eigenvalue weighted by Gasteiger charge is -2.06. The maximum absolute atomic E-state index is 12.9. The van der Waals surface area contributed by atoms with E-state index in [9.17, 15) is 17.6 Å². The molecule has 0 nitrogen and oxygen atoms in total. The van der Waals surface area contributed by atoms with Gasteiger partial charge in [-0.05, 0) is 18.2 Å². The normalized spacial score (nSPS) is 10.8. The average molecular weight is 295 g/mol. The predicted molar refractivity (Wildman–Crippen MR) is 56.7 cm³/mol. The topological polar surface area (TPSA) is 0 Å². The van der Waals surface area contributed by atoms with Crippen molar-refractivity contribution in [3.05, 3.63) is 35.1 Å². The van der Waals surface area contributed by atoms with Crippen LogP contribution in [0.3, 0.4) is 0 Å². The Labute approximate surface area is 98.8 Å². The van der Waals surface area contributed by atoms with E-state index in [4.69, 9.17) is 0 Å². The Morgan fingerprint density at radius 3 is 2.44 bits per heavy atom. The van der Waals surface area contributed by atoms with Crippen molar-refractivity contribution in [1.29, 1.82) is 0 Å². The fourth-order valence-electron chi connectivity index (χ4n) is 1.04. The van der Waals surface area contributed by atoms with Gasteiger partial charge < -0.3 is 0 Å². The van der Waals surface area contributed by atoms with E-state index >= 15 is 0 Å². The summed E-state index contributed by atoms with van der Waals surface area (Å²) in [5.41, 5.74) is -0.982. The molecule has 1 rings (SSSR count). The molecule has 0 unspecified atom stereocenters. The van der Waals surface area contributed by atoms with Crippen LogP contribution in [0.1, 0.15) is 17.5 Å². The number of benzene rings is 1. The van der Waals surface area contributed by atoms with E-state index in [-0.39, 0.29) is 5.56 Å². The number of hydrogen-bond donors (Lipinski definition) is 0. The van der Waals surface area contributed by atoms with Crippen LogP contribution < -0.4 is 0 Å². The minimum Gasteiger partial charge on any atom is -0.207 e. The van der Waals surface area contributed by atoms with Crippen molar-refractivity contribution in [1.82, 2.24) is 0 Å². The van der Waals surface area contributed by atoms with Gasteiger partial charge in [0.15, 0.2) is 0 Å². The van der Waals surface area contributed by atoms with Crippen LogP contribution in [0, 0.1) is 17.7 Å². The molecule has 1 aromatic rings. The van der Waals surface area contributed by atoms with Crippen molar-refractivity contribution >= 4 is 15.9 Å². The molecule has 0 N–H and O–H groups in total. The summed E-state index contributed by atoms with van der Waals surface area (Å²) < 4.78 is 49.8. The molecule has 0 amide bonds. The monoisotopic (exact) mass is 294 g/mol. The molecule has 0 radical (unpaired) electrons. The molecular weight excluding hydrogens is 288 g/mol. The fourth-order valence-corrected chi connectivity index (χ4v) is 1.24. The van der Waals surface area contributed by atoms with E-state index in [1.807, 2.05) is 0 Å². The van der Waals surface area contributed by atoms with Gasteiger partial charge in [0.05, 0.1) is 5.56 Å². The molecule has 1 aromatic carbocycles. The second-order valence-electron chi connectivity index (χ2n) is 2.97. The maximum Gasteiger partial charge on any atom is 0.416 e. The van der Waals surface area contributed by atoms with E-state index < -0.39 is 17.6 Å². The molecule has 0 aliphatic heterocycles. The zero-order valence-corrected chi connectivity index (χ0v) is 9.62. The molecule has 5 heteroatoms. The maximum atomic E-state index is 12.9. The number of alkyl halides is 4. The van der Waals surface area contributed by atoms with Crippen LogP contribution >= 0.6 is 15.9 Å². The molecule has 0 spiro atoms. The van der Waals surface area contributed by atoms with Gasteiger partial charge in [0, 0.05) is 17.3 Å². The van der Waals surface area contributed by atoms with Crippen LogP contribution in [-0.2, 0) is 6.18 Å². The zero-order chi connectivity index (χ0) is 12.2. The Bertz CT molecular complexity index is 426. The summed E-state index contributed by atoms with van der Waals surface area (Å²) in [4.78, 5) is 0. The number of rotatable bonds is 1. The Morgan fingerprint density at radius 1 is 1.19 bits per heavy atom. The molecule has 86 valence electrons. The predicted octanol–water partition coefficient (Wildman–Crippen LogP) is 3.98. The lowest BCUT2D eigenvalue weighted by atomic mass is 10.1. The van der Waals surface area contributed by atoms with Gasteiger partial charge in [-0.1, -0.05) is 27.8 Å². The average Bonchev–Trinajstić information content (AvgIpc) is 2.16. The standard InChI is InChI=1S/C11H7BrF4/c12-4-2-1-3-8-5-9(11(14,15)16)7-10(13)6-8/h5-7H,2,4H2. The molecule has 0 fully saturated rings. The second-order valence-corrected chi connectivity index (χ2v) is 3.76. The van der Waals surface area contributed by atoms with E-state index in [0.29, 0.717) is 17.8 Å². The van der Waals surface area contributed by atoms with Crippen LogP contribution in [0.25, 0.3) is 0 Å². The highest BCUT2D eigenvalue weighted by atomic mass is 79.9. The quantitative estimate of drug-likeness (QED) is 0.417. The van der Waals surface area contributed by atoms with Crippen LogP contribution in [0.4, 0.5) is 17.6 Å². The van der Waals surface area contributed by atoms with E-state index in [1.165, 1.54) is 0 Å². The molecule has 0 saturated carbocycles. The minimum absolute atomic E-state index is 0.0354. The Hall–Kier alpha value is -1.02. The van der Waals surface area contributed by atoms with Crippen molar-refractivity contribution in [2.75, 3.05) is 5.33 Å². The first-order chi connectivity index (χ1) is 7.43. The molecule has 0 bridgehead atoms. The fraction of sp³-hybridized carbons (Fsp3) is 0.273. The summed E-state index contributed by atoms with van der Waals surface area (Å²) in [6, 6.07) is 2.27. The molecule has 0 aliphatic rings. The highest BCUT2D eigenvalue weighted by Crippen LogP contribution is 2.30. The SMILES string of the molecule is Fc1cc(C#CCCBr)cc(C(F)(F)F)c1. The van der Waals surface area contributed by atoms with Gasteiger partial charge in [-0.2, -0.15) is 13.2 Å². The van der Waals surface area contributed by atoms with Crippen LogP contribution in [0.15, 0.2) is 18.2 Å². The molecule has 0 saturated heterocycles. The van der Waals surface area contributed by atoms with Gasteiger partial charge in [-0.3, -0.25) is 0 Å². The number of halogens is 5. The van der Waals surface area contributed by atoms with Gasteiger partial charge in [-0.15, -0.1) is 0 Å². The lowest BCUT2D eigenvalue weighted by Crippen LogP contribution is -2.05. The first kappa shape index (κ1) is 13.0. The van der Waals surface area contributed by atoms with Crippen molar-refractivity contribution in [2.45, 2.75) is 12.6 Å². The Morgan fingerprint density at radius 2 is 1.88 bits per heavy atom. The van der Waals surface area contributed by atoms with Crippen molar-refractivity contribution in [2.24, 2.45) is 0 Å². The largest absolute Gasteiger partial charge is 0.416 e. The third-order valence-corrected chi connectivity index (χ3v) is 2.07. The van der Waals surface area contributed by atoms with Crippen molar-refractivity contribution in [3.63, 3.8) is 0 Å². The molecule has 0 aromatic heterocycles. The molecule has 0 heterocycles. The summed E-state index contributed by atoms with van der Waals surface area (Å²) in [6.07, 6.45) is -4.05. The highest BCUT2D eigenvalue weighted by Gasteiger charge is 2.31. The molecule has 0 aliphatic carbocycles. The Balaban J connectivity index is 3.05. The smallest absolute Gasteiger partial charge is 0.207 e. The van der Waals surface area contributed by atoms with E-state index in [2.05, 4.69) is 27.8 Å². The summed E-state index contributed by atoms with van der Waals surface area (Å²) in [7, 11) is 0. The van der Waals surface area contributed by atoms with Crippen molar-refractivity contribution in [3.8, 4) is 11.8 Å². The summed E-state index contributed by atoms with van der Waals surface area (Å²) >= 11 is 3.13. The van der Waals surface area contributed by atoms with Gasteiger partial charge in [0.2, 0.25) is 0 Å². The first-order valence-corrected chi connectivity index (χ1v) is 5.48. The summed E-state index contributed by atoms with van der Waals surface area (Å²) in [5, 5.41) is 0.626. The molecule has 0 atom stereocenters. The highest BCUT2D eigenvalue weighted by molar-refractivity contribution is 9.09. The summed E-state index contributed by atoms with van der Waals surface area (Å²) in [5.74, 6) is 4.17. The number of hydrogen-bond acceptors (Lipinski definition) is 0. The van der Waals surface area contributed by atoms with E-state index in [1.54, 1.807) is 0 Å². The van der Waals surface area contributed by atoms with Gasteiger partial charge >= 0.3 is 6.18 Å². The van der Waals surface area contributed by atoms with Gasteiger partial charge in [-0.25, -0.2) is 4.39 Å². The first-order valence-electron chi connectivity index (χ1n) is 4.36. The second kappa shape index (κ2) is 5.35. The third kappa shape index (κ3) is 3.86. The van der Waals surface area contributed by atoms with Crippen LogP contribution in [0.2, 0.25) is 0 Å². The minimum atomic E-state index is -4.55. The van der Waals surface area contributed by atoms with Gasteiger partial charge in [0.1, 0.15) is 5.82 Å². The zero-order valence-electron chi connectivity index (χ0n) is 8.04. The third-order valence-electron chi connectivity index (χ3n) is 1.68. The van der Waals surface area contributed by atoms with Crippen molar-refractivity contribution < 1.29 is 17.6 Å². The van der Waals surface area contributed by atoms with Gasteiger partial charge in [0.25, 0.3) is 0 Å². The summed E-state index contributed by atoms with van der Waals surface area (Å²) in [6.45, 7) is 0. The lowest BCUT2D eigenvalue weighted by molar-refractivity contribution is -0.137. The van der Waals surface area contributed by atoms with Crippen LogP contribution in [-0.4, -0.2) is 5.33 Å². The Kier molecular flexibility index (Phi) is 4.36.